The molecule has 0 amide bonds. The summed E-state index contributed by atoms with van der Waals surface area (Å²) >= 11 is 6.90. The first-order valence-electron chi connectivity index (χ1n) is 9.08. The zero-order valence-corrected chi connectivity index (χ0v) is 15.1. The van der Waals surface area contributed by atoms with Crippen molar-refractivity contribution in [3.8, 4) is 0 Å². The van der Waals surface area contributed by atoms with Gasteiger partial charge in [0.1, 0.15) is 17.3 Å². The number of Topliss-reactive ketones (excluding diaryl/α,β-unsaturated/α-hetero) is 3. The minimum Gasteiger partial charge on any atom is -0.392 e. The normalized spacial score (nSPS) is 54.2. The monoisotopic (exact) mass is 352 g/mol. The minimum absolute atomic E-state index is 0.0161. The molecule has 4 nitrogen and oxygen atoms in total. The van der Waals surface area contributed by atoms with E-state index in [1.807, 2.05) is 13.8 Å². The van der Waals surface area contributed by atoms with Crippen LogP contribution in [0.25, 0.3) is 0 Å². The Balaban J connectivity index is 1.80. The van der Waals surface area contributed by atoms with Crippen LogP contribution < -0.4 is 0 Å². The lowest BCUT2D eigenvalue weighted by Crippen LogP contribution is -2.67. The molecule has 5 heteroatoms. The molecule has 1 N–H and O–H groups in total. The van der Waals surface area contributed by atoms with Gasteiger partial charge in [0, 0.05) is 42.4 Å². The van der Waals surface area contributed by atoms with Crippen molar-refractivity contribution in [2.24, 2.45) is 28.6 Å². The summed E-state index contributed by atoms with van der Waals surface area (Å²) in [6.07, 6.45) is 2.50. The van der Waals surface area contributed by atoms with E-state index >= 15 is 0 Å². The maximum atomic E-state index is 13.1. The van der Waals surface area contributed by atoms with Gasteiger partial charge in [-0.25, -0.2) is 0 Å². The second-order valence-electron chi connectivity index (χ2n) is 8.99. The van der Waals surface area contributed by atoms with Crippen LogP contribution in [0.15, 0.2) is 0 Å². The van der Waals surface area contributed by atoms with Gasteiger partial charge in [-0.3, -0.25) is 14.4 Å². The Morgan fingerprint density at radius 3 is 2.54 bits per heavy atom. The number of halogens is 1. The van der Waals surface area contributed by atoms with Crippen LogP contribution in [0, 0.1) is 28.6 Å². The first-order valence-corrected chi connectivity index (χ1v) is 9.46. The molecule has 0 aliphatic heterocycles. The molecule has 24 heavy (non-hydrogen) atoms. The van der Waals surface area contributed by atoms with Crippen molar-refractivity contribution in [2.45, 2.75) is 69.8 Å². The van der Waals surface area contributed by atoms with E-state index in [0.717, 1.165) is 12.8 Å². The van der Waals surface area contributed by atoms with Crippen LogP contribution in [0.1, 0.15) is 58.8 Å². The number of rotatable bonds is 0. The van der Waals surface area contributed by atoms with Crippen molar-refractivity contribution in [3.63, 3.8) is 0 Å². The standard InChI is InChI=1S/C19H25ClO4/c1-17-9-13(22)16-11(12(17)3-4-14(17)23)5-6-19(20)8-10(21)7-15(24)18(16,19)2/h11-12,15-16,24H,3-9H2,1-2H3/t11-,12-,15?,16+,17-,18+,19?/m0/s1. The van der Waals surface area contributed by atoms with Crippen molar-refractivity contribution in [1.82, 2.24) is 0 Å². The molecular formula is C19H25ClO4. The lowest BCUT2D eigenvalue weighted by molar-refractivity contribution is -0.174. The highest BCUT2D eigenvalue weighted by molar-refractivity contribution is 6.26. The van der Waals surface area contributed by atoms with Crippen molar-refractivity contribution in [2.75, 3.05) is 0 Å². The van der Waals surface area contributed by atoms with E-state index in [-0.39, 0.29) is 54.4 Å². The summed E-state index contributed by atoms with van der Waals surface area (Å²) in [7, 11) is 0. The number of aliphatic hydroxyl groups excluding tert-OH is 1. The second kappa shape index (κ2) is 4.91. The van der Waals surface area contributed by atoms with Crippen LogP contribution in [0.3, 0.4) is 0 Å². The Bertz CT molecular complexity index is 645. The summed E-state index contributed by atoms with van der Waals surface area (Å²) in [5, 5.41) is 10.8. The van der Waals surface area contributed by atoms with E-state index in [4.69, 9.17) is 11.6 Å². The fourth-order valence-corrected chi connectivity index (χ4v) is 7.15. The number of hydrogen-bond acceptors (Lipinski definition) is 4. The fourth-order valence-electron chi connectivity index (χ4n) is 6.64. The highest BCUT2D eigenvalue weighted by Gasteiger charge is 2.69. The van der Waals surface area contributed by atoms with E-state index in [2.05, 4.69) is 0 Å². The van der Waals surface area contributed by atoms with Crippen molar-refractivity contribution in [3.05, 3.63) is 0 Å². The largest absolute Gasteiger partial charge is 0.392 e. The predicted molar refractivity (Wildman–Crippen MR) is 88.6 cm³/mol. The number of carbonyl (C=O) groups is 3. The Kier molecular flexibility index (Phi) is 3.42. The van der Waals surface area contributed by atoms with Gasteiger partial charge in [-0.15, -0.1) is 11.6 Å². The van der Waals surface area contributed by atoms with Crippen LogP contribution in [-0.2, 0) is 14.4 Å². The molecule has 4 aliphatic rings. The number of carbonyl (C=O) groups excluding carboxylic acids is 3. The zero-order valence-electron chi connectivity index (χ0n) is 14.3. The lowest BCUT2D eigenvalue weighted by Gasteiger charge is -2.62. The molecule has 4 aliphatic carbocycles. The highest BCUT2D eigenvalue weighted by Crippen LogP contribution is 2.66. The fraction of sp³-hybridized carbons (Fsp3) is 0.842. The zero-order chi connectivity index (χ0) is 17.5. The number of alkyl halides is 1. The molecule has 0 bridgehead atoms. The van der Waals surface area contributed by atoms with Gasteiger partial charge >= 0.3 is 0 Å². The molecule has 4 fully saturated rings. The summed E-state index contributed by atoms with van der Waals surface area (Å²) in [5.74, 6) is 0.229. The summed E-state index contributed by atoms with van der Waals surface area (Å²) < 4.78 is 0. The highest BCUT2D eigenvalue weighted by atomic mass is 35.5. The summed E-state index contributed by atoms with van der Waals surface area (Å²) in [6.45, 7) is 3.86. The third-order valence-corrected chi connectivity index (χ3v) is 8.78. The van der Waals surface area contributed by atoms with Crippen molar-refractivity contribution < 1.29 is 19.5 Å². The van der Waals surface area contributed by atoms with Crippen molar-refractivity contribution >= 4 is 29.0 Å². The van der Waals surface area contributed by atoms with Gasteiger partial charge in [-0.2, -0.15) is 0 Å². The average molecular weight is 353 g/mol. The lowest BCUT2D eigenvalue weighted by atomic mass is 9.44. The van der Waals surface area contributed by atoms with E-state index < -0.39 is 21.8 Å². The molecule has 7 atom stereocenters. The number of fused-ring (bicyclic) bond motifs is 5. The number of aliphatic hydroxyl groups is 1. The average Bonchev–Trinajstić information content (AvgIpc) is 2.76. The molecule has 0 aromatic rings. The van der Waals surface area contributed by atoms with Crippen LogP contribution in [0.5, 0.6) is 0 Å². The van der Waals surface area contributed by atoms with Crippen molar-refractivity contribution in [1.29, 1.82) is 0 Å². The Morgan fingerprint density at radius 1 is 1.12 bits per heavy atom. The van der Waals surface area contributed by atoms with Gasteiger partial charge in [0.25, 0.3) is 0 Å². The van der Waals surface area contributed by atoms with Crippen LogP contribution >= 0.6 is 11.6 Å². The van der Waals surface area contributed by atoms with E-state index in [9.17, 15) is 19.5 Å². The number of ketones is 3. The SMILES string of the molecule is C[C@]12CC(=O)[C@H]3[C@@H](CCC4(Cl)CC(=O)CC(O)[C@]34C)[C@@H]1CCC2=O. The van der Waals surface area contributed by atoms with Gasteiger partial charge in [0.15, 0.2) is 0 Å². The molecule has 0 aromatic heterocycles. The van der Waals surface area contributed by atoms with Crippen LogP contribution in [0.4, 0.5) is 0 Å². The maximum absolute atomic E-state index is 13.1. The Morgan fingerprint density at radius 2 is 1.83 bits per heavy atom. The van der Waals surface area contributed by atoms with E-state index in [0.29, 0.717) is 12.8 Å². The Hall–Kier alpha value is -0.740. The van der Waals surface area contributed by atoms with Crippen LogP contribution in [0.2, 0.25) is 0 Å². The second-order valence-corrected chi connectivity index (χ2v) is 9.72. The quantitative estimate of drug-likeness (QED) is 0.680. The van der Waals surface area contributed by atoms with E-state index in [1.54, 1.807) is 0 Å². The summed E-state index contributed by atoms with van der Waals surface area (Å²) in [5.41, 5.74) is -1.31. The topological polar surface area (TPSA) is 71.4 Å². The molecule has 0 aromatic carbocycles. The third kappa shape index (κ3) is 1.82. The molecule has 0 spiro atoms. The van der Waals surface area contributed by atoms with Gasteiger partial charge in [0.05, 0.1) is 11.0 Å². The molecule has 132 valence electrons. The predicted octanol–water partition coefficient (Wildman–Crippen LogP) is 2.68. The third-order valence-electron chi connectivity index (χ3n) is 8.05. The molecule has 0 saturated heterocycles. The van der Waals surface area contributed by atoms with Gasteiger partial charge in [0.2, 0.25) is 0 Å². The van der Waals surface area contributed by atoms with Gasteiger partial charge in [-0.1, -0.05) is 13.8 Å². The first kappa shape index (κ1) is 16.7. The maximum Gasteiger partial charge on any atom is 0.139 e. The first-order chi connectivity index (χ1) is 11.1. The molecule has 2 unspecified atom stereocenters. The smallest absolute Gasteiger partial charge is 0.139 e. The van der Waals surface area contributed by atoms with Gasteiger partial charge < -0.3 is 5.11 Å². The summed E-state index contributed by atoms with van der Waals surface area (Å²) in [4.78, 5) is 36.7. The van der Waals surface area contributed by atoms with E-state index in [1.165, 1.54) is 0 Å². The van der Waals surface area contributed by atoms with Crippen LogP contribution in [-0.4, -0.2) is 33.4 Å². The molecule has 4 rings (SSSR count). The summed E-state index contributed by atoms with van der Waals surface area (Å²) in [6, 6.07) is 0. The molecule has 0 radical (unpaired) electrons. The molecule has 0 heterocycles. The number of hydrogen-bond donors (Lipinski definition) is 1. The molecule has 4 saturated carbocycles. The molecular weight excluding hydrogens is 328 g/mol. The Labute approximate surface area is 147 Å². The van der Waals surface area contributed by atoms with Gasteiger partial charge in [-0.05, 0) is 31.1 Å². The minimum atomic E-state index is -0.880.